The largest absolute Gasteiger partial charge is 0.508 e. The van der Waals surface area contributed by atoms with E-state index in [-0.39, 0.29) is 11.7 Å². The Morgan fingerprint density at radius 1 is 1.04 bits per heavy atom. The van der Waals surface area contributed by atoms with Gasteiger partial charge in [-0.3, -0.25) is 4.79 Å². The van der Waals surface area contributed by atoms with Crippen LogP contribution in [-0.4, -0.2) is 16.0 Å². The maximum Gasteiger partial charge on any atom is 0.248 e. The second-order valence-corrected chi connectivity index (χ2v) is 5.80. The number of phenols is 1. The number of benzene rings is 2. The molecular weight excluding hydrogens is 326 g/mol. The topological polar surface area (TPSA) is 74.2 Å². The molecule has 0 fully saturated rings. The van der Waals surface area contributed by atoms with Crippen molar-refractivity contribution < 1.29 is 9.90 Å². The van der Waals surface area contributed by atoms with Crippen molar-refractivity contribution in [1.29, 1.82) is 0 Å². The van der Waals surface area contributed by atoms with Crippen LogP contribution in [0.15, 0.2) is 72.9 Å². The molecule has 0 spiro atoms. The van der Waals surface area contributed by atoms with E-state index in [2.05, 4.69) is 15.6 Å². The van der Waals surface area contributed by atoms with Crippen LogP contribution in [0.5, 0.6) is 5.75 Å². The van der Waals surface area contributed by atoms with Crippen LogP contribution < -0.4 is 10.6 Å². The highest BCUT2D eigenvalue weighted by molar-refractivity contribution is 6.03. The summed E-state index contributed by atoms with van der Waals surface area (Å²) in [4.78, 5) is 16.5. The average molecular weight is 345 g/mol. The van der Waals surface area contributed by atoms with Gasteiger partial charge in [-0.2, -0.15) is 0 Å². The lowest BCUT2D eigenvalue weighted by Crippen LogP contribution is -2.10. The number of anilines is 3. The number of aromatic nitrogens is 1. The van der Waals surface area contributed by atoms with Gasteiger partial charge in [0.25, 0.3) is 0 Å². The van der Waals surface area contributed by atoms with Crippen molar-refractivity contribution in [3.05, 3.63) is 84.1 Å². The second-order valence-electron chi connectivity index (χ2n) is 5.80. The van der Waals surface area contributed by atoms with Crippen molar-refractivity contribution in [2.45, 2.75) is 6.92 Å². The maximum atomic E-state index is 12.2. The molecule has 5 nitrogen and oxygen atoms in total. The van der Waals surface area contributed by atoms with Gasteiger partial charge < -0.3 is 15.7 Å². The molecule has 0 saturated heterocycles. The van der Waals surface area contributed by atoms with Crippen LogP contribution in [0.3, 0.4) is 0 Å². The molecule has 2 aromatic carbocycles. The molecule has 5 heteroatoms. The van der Waals surface area contributed by atoms with Crippen molar-refractivity contribution in [1.82, 2.24) is 4.98 Å². The first kappa shape index (κ1) is 17.2. The molecule has 1 aromatic heterocycles. The fraction of sp³-hybridized carbons (Fsp3) is 0.0476. The van der Waals surface area contributed by atoms with Crippen molar-refractivity contribution in [2.75, 3.05) is 10.6 Å². The number of nitrogens with zero attached hydrogens (tertiary/aromatic N) is 1. The third-order valence-electron chi connectivity index (χ3n) is 3.70. The number of nitrogens with one attached hydrogen (secondary N) is 2. The van der Waals surface area contributed by atoms with E-state index < -0.39 is 0 Å². The van der Waals surface area contributed by atoms with Gasteiger partial charge in [-0.15, -0.1) is 0 Å². The molecule has 0 atom stereocenters. The Morgan fingerprint density at radius 3 is 2.50 bits per heavy atom. The van der Waals surface area contributed by atoms with Crippen LogP contribution in [0.4, 0.5) is 17.2 Å². The molecule has 1 heterocycles. The monoisotopic (exact) mass is 345 g/mol. The average Bonchev–Trinajstić information content (AvgIpc) is 2.65. The zero-order chi connectivity index (χ0) is 18.4. The van der Waals surface area contributed by atoms with Crippen molar-refractivity contribution in [3.63, 3.8) is 0 Å². The fourth-order valence-corrected chi connectivity index (χ4v) is 2.31. The van der Waals surface area contributed by atoms with Gasteiger partial charge in [-0.1, -0.05) is 29.8 Å². The van der Waals surface area contributed by atoms with Gasteiger partial charge in [0.15, 0.2) is 5.82 Å². The quantitative estimate of drug-likeness (QED) is 0.470. The minimum atomic E-state index is -0.243. The summed E-state index contributed by atoms with van der Waals surface area (Å²) in [5.41, 5.74) is 3.46. The van der Waals surface area contributed by atoms with E-state index in [0.29, 0.717) is 11.5 Å². The SMILES string of the molecule is Cc1ccc(/C=C/C(=O)Nc2cccnc2Nc2ccc(O)cc2)cc1. The minimum Gasteiger partial charge on any atom is -0.508 e. The molecule has 3 aromatic rings. The van der Waals surface area contributed by atoms with Crippen LogP contribution in [0.2, 0.25) is 0 Å². The summed E-state index contributed by atoms with van der Waals surface area (Å²) in [6, 6.07) is 18.1. The number of amides is 1. The van der Waals surface area contributed by atoms with Gasteiger partial charge in [-0.05, 0) is 55.0 Å². The lowest BCUT2D eigenvalue weighted by molar-refractivity contribution is -0.111. The Morgan fingerprint density at radius 2 is 1.77 bits per heavy atom. The first-order valence-corrected chi connectivity index (χ1v) is 8.17. The summed E-state index contributed by atoms with van der Waals surface area (Å²) >= 11 is 0. The molecule has 0 aliphatic rings. The highest BCUT2D eigenvalue weighted by Gasteiger charge is 2.06. The van der Waals surface area contributed by atoms with Crippen LogP contribution >= 0.6 is 0 Å². The molecule has 0 bridgehead atoms. The Hall–Kier alpha value is -3.60. The predicted molar refractivity (Wildman–Crippen MR) is 104 cm³/mol. The van der Waals surface area contributed by atoms with E-state index in [0.717, 1.165) is 11.3 Å². The number of phenolic OH excluding ortho intramolecular Hbond substituents is 1. The Bertz CT molecular complexity index is 917. The van der Waals surface area contributed by atoms with Crippen LogP contribution in [0.1, 0.15) is 11.1 Å². The number of hydrogen-bond donors (Lipinski definition) is 3. The number of carbonyl (C=O) groups excluding carboxylic acids is 1. The second kappa shape index (κ2) is 7.98. The number of aromatic hydroxyl groups is 1. The first-order valence-electron chi connectivity index (χ1n) is 8.17. The predicted octanol–water partition coefficient (Wildman–Crippen LogP) is 4.49. The first-order chi connectivity index (χ1) is 12.6. The van der Waals surface area contributed by atoms with Gasteiger partial charge in [0, 0.05) is 18.0 Å². The minimum absolute atomic E-state index is 0.186. The lowest BCUT2D eigenvalue weighted by Gasteiger charge is -2.11. The molecule has 0 unspecified atom stereocenters. The highest BCUT2D eigenvalue weighted by Crippen LogP contribution is 2.24. The smallest absolute Gasteiger partial charge is 0.248 e. The molecule has 1 amide bonds. The van der Waals surface area contributed by atoms with Crippen molar-refractivity contribution in [2.24, 2.45) is 0 Å². The van der Waals surface area contributed by atoms with Gasteiger partial charge in [0.1, 0.15) is 5.75 Å². The van der Waals surface area contributed by atoms with Crippen LogP contribution in [0.25, 0.3) is 6.08 Å². The molecule has 26 heavy (non-hydrogen) atoms. The summed E-state index contributed by atoms with van der Waals surface area (Å²) in [7, 11) is 0. The lowest BCUT2D eigenvalue weighted by atomic mass is 10.1. The molecule has 3 rings (SSSR count). The Kier molecular flexibility index (Phi) is 5.29. The molecule has 130 valence electrons. The van der Waals surface area contributed by atoms with Crippen LogP contribution in [-0.2, 0) is 4.79 Å². The summed E-state index contributed by atoms with van der Waals surface area (Å²) < 4.78 is 0. The van der Waals surface area contributed by atoms with Gasteiger partial charge in [-0.25, -0.2) is 4.98 Å². The molecule has 3 N–H and O–H groups in total. The van der Waals surface area contributed by atoms with E-state index in [9.17, 15) is 9.90 Å². The van der Waals surface area contributed by atoms with Crippen molar-refractivity contribution >= 4 is 29.2 Å². The van der Waals surface area contributed by atoms with Gasteiger partial charge >= 0.3 is 0 Å². The summed E-state index contributed by atoms with van der Waals surface area (Å²) in [5, 5.41) is 15.3. The van der Waals surface area contributed by atoms with Crippen molar-refractivity contribution in [3.8, 4) is 5.75 Å². The zero-order valence-electron chi connectivity index (χ0n) is 14.3. The molecule has 0 aliphatic carbocycles. The highest BCUT2D eigenvalue weighted by atomic mass is 16.3. The molecule has 0 saturated carbocycles. The summed E-state index contributed by atoms with van der Waals surface area (Å²) in [6.45, 7) is 2.02. The molecule has 0 radical (unpaired) electrons. The third kappa shape index (κ3) is 4.70. The molecule has 0 aliphatic heterocycles. The Labute approximate surface area is 152 Å². The Balaban J connectivity index is 1.70. The fourth-order valence-electron chi connectivity index (χ4n) is 2.31. The van der Waals surface area contributed by atoms with Crippen LogP contribution in [0, 0.1) is 6.92 Å². The summed E-state index contributed by atoms with van der Waals surface area (Å²) in [5.74, 6) is 0.467. The zero-order valence-corrected chi connectivity index (χ0v) is 14.3. The van der Waals surface area contributed by atoms with Gasteiger partial charge in [0.05, 0.1) is 5.69 Å². The number of carbonyl (C=O) groups is 1. The maximum absolute atomic E-state index is 12.2. The number of rotatable bonds is 5. The summed E-state index contributed by atoms with van der Waals surface area (Å²) in [6.07, 6.45) is 4.89. The number of aryl methyl sites for hydroxylation is 1. The third-order valence-corrected chi connectivity index (χ3v) is 3.70. The van der Waals surface area contributed by atoms with E-state index >= 15 is 0 Å². The number of pyridine rings is 1. The van der Waals surface area contributed by atoms with E-state index in [4.69, 9.17) is 0 Å². The van der Waals surface area contributed by atoms with E-state index in [1.807, 2.05) is 31.2 Å². The molecular formula is C21H19N3O2. The number of hydrogen-bond acceptors (Lipinski definition) is 4. The van der Waals surface area contributed by atoms with E-state index in [1.54, 1.807) is 48.7 Å². The van der Waals surface area contributed by atoms with Gasteiger partial charge in [0.2, 0.25) is 5.91 Å². The standard InChI is InChI=1S/C21H19N3O2/c1-15-4-6-16(7-5-15)8-13-20(26)24-19-3-2-14-22-21(19)23-17-9-11-18(25)12-10-17/h2-14,25H,1H3,(H,22,23)(H,24,26)/b13-8+. The van der Waals surface area contributed by atoms with E-state index in [1.165, 1.54) is 11.6 Å². The normalized spacial score (nSPS) is 10.7.